The molecule has 52 valence electrons. The summed E-state index contributed by atoms with van der Waals surface area (Å²) in [6.45, 7) is 2.29. The summed E-state index contributed by atoms with van der Waals surface area (Å²) in [5.74, 6) is -0.417. The minimum atomic E-state index is -0.890. The van der Waals surface area contributed by atoms with Gasteiger partial charge in [0.25, 0.3) is 0 Å². The molecule has 0 spiro atoms. The van der Waals surface area contributed by atoms with E-state index in [1.165, 1.54) is 0 Å². The van der Waals surface area contributed by atoms with Gasteiger partial charge in [-0.25, -0.2) is 4.79 Å². The first-order valence-electron chi connectivity index (χ1n) is 3.06. The summed E-state index contributed by atoms with van der Waals surface area (Å²) in [5.41, 5.74) is 0. The van der Waals surface area contributed by atoms with Crippen LogP contribution in [0.25, 0.3) is 0 Å². The Bertz CT molecular complexity index is 121. The molecule has 1 aliphatic heterocycles. The number of esters is 1. The smallest absolute Gasteiger partial charge is 0.335 e. The Morgan fingerprint density at radius 3 is 2.89 bits per heavy atom. The average Bonchev–Trinajstić information content (AvgIpc) is 1.83. The lowest BCUT2D eigenvalue weighted by atomic mass is 10.00. The first-order valence-corrected chi connectivity index (χ1v) is 3.06. The third kappa shape index (κ3) is 1.21. The number of hydrogen-bond donors (Lipinski definition) is 1. The molecular formula is C6H10O3. The highest BCUT2D eigenvalue weighted by atomic mass is 16.5. The molecule has 0 aliphatic carbocycles. The molecule has 0 saturated carbocycles. The maximum atomic E-state index is 10.5. The van der Waals surface area contributed by atoms with E-state index in [0.29, 0.717) is 6.61 Å². The van der Waals surface area contributed by atoms with Gasteiger partial charge in [0, 0.05) is 0 Å². The van der Waals surface area contributed by atoms with Crippen LogP contribution in [0.3, 0.4) is 0 Å². The predicted octanol–water partition coefficient (Wildman–Crippen LogP) is -0.0697. The molecule has 3 nitrogen and oxygen atoms in total. The summed E-state index contributed by atoms with van der Waals surface area (Å²) in [6.07, 6.45) is -0.119. The maximum absolute atomic E-state index is 10.5. The van der Waals surface area contributed by atoms with Crippen LogP contribution >= 0.6 is 0 Å². The van der Waals surface area contributed by atoms with E-state index in [0.717, 1.165) is 6.42 Å². The van der Waals surface area contributed by atoms with E-state index in [-0.39, 0.29) is 5.92 Å². The Morgan fingerprint density at radius 1 is 1.78 bits per heavy atom. The Balaban J connectivity index is 2.51. The average molecular weight is 130 g/mol. The predicted molar refractivity (Wildman–Crippen MR) is 30.7 cm³/mol. The van der Waals surface area contributed by atoms with E-state index >= 15 is 0 Å². The standard InChI is InChI=1S/C6H10O3/c1-4-2-3-9-6(8)5(4)7/h4-5,7H,2-3H2,1H3/t4?,5-/m0/s1. The lowest BCUT2D eigenvalue weighted by Crippen LogP contribution is -2.35. The first-order chi connectivity index (χ1) is 4.22. The molecule has 1 fully saturated rings. The summed E-state index contributed by atoms with van der Waals surface area (Å²) >= 11 is 0. The molecule has 0 aromatic heterocycles. The number of rotatable bonds is 0. The number of carbonyl (C=O) groups is 1. The van der Waals surface area contributed by atoms with Crippen LogP contribution in [0.4, 0.5) is 0 Å². The molecule has 1 N–H and O–H groups in total. The highest BCUT2D eigenvalue weighted by Crippen LogP contribution is 2.14. The third-order valence-corrected chi connectivity index (χ3v) is 1.60. The Hall–Kier alpha value is -0.570. The van der Waals surface area contributed by atoms with Crippen LogP contribution in [0.2, 0.25) is 0 Å². The molecule has 3 heteroatoms. The van der Waals surface area contributed by atoms with Gasteiger partial charge in [-0.3, -0.25) is 0 Å². The molecule has 1 heterocycles. The topological polar surface area (TPSA) is 46.5 Å². The van der Waals surface area contributed by atoms with Crippen molar-refractivity contribution in [2.75, 3.05) is 6.61 Å². The largest absolute Gasteiger partial charge is 0.464 e. The van der Waals surface area contributed by atoms with Crippen LogP contribution in [0.1, 0.15) is 13.3 Å². The second-order valence-electron chi connectivity index (χ2n) is 2.38. The van der Waals surface area contributed by atoms with Crippen molar-refractivity contribution < 1.29 is 14.6 Å². The summed E-state index contributed by atoms with van der Waals surface area (Å²) < 4.78 is 4.57. The molecule has 1 rings (SSSR count). The number of aliphatic hydroxyl groups excluding tert-OH is 1. The van der Waals surface area contributed by atoms with Crippen LogP contribution in [0.5, 0.6) is 0 Å². The zero-order valence-electron chi connectivity index (χ0n) is 5.33. The zero-order chi connectivity index (χ0) is 6.85. The van der Waals surface area contributed by atoms with Crippen LogP contribution in [-0.4, -0.2) is 23.8 Å². The van der Waals surface area contributed by atoms with E-state index in [9.17, 15) is 4.79 Å². The van der Waals surface area contributed by atoms with Gasteiger partial charge in [0.15, 0.2) is 6.10 Å². The van der Waals surface area contributed by atoms with Crippen molar-refractivity contribution in [1.82, 2.24) is 0 Å². The van der Waals surface area contributed by atoms with Crippen LogP contribution in [0.15, 0.2) is 0 Å². The number of ether oxygens (including phenoxy) is 1. The lowest BCUT2D eigenvalue weighted by Gasteiger charge is -2.22. The van der Waals surface area contributed by atoms with Gasteiger partial charge in [-0.15, -0.1) is 0 Å². The van der Waals surface area contributed by atoms with E-state index in [1.807, 2.05) is 6.92 Å². The maximum Gasteiger partial charge on any atom is 0.335 e. The third-order valence-electron chi connectivity index (χ3n) is 1.60. The molecule has 1 aliphatic rings. The van der Waals surface area contributed by atoms with Gasteiger partial charge in [0.2, 0.25) is 0 Å². The number of carbonyl (C=O) groups excluding carboxylic acids is 1. The second kappa shape index (κ2) is 2.35. The fourth-order valence-corrected chi connectivity index (χ4v) is 0.821. The van der Waals surface area contributed by atoms with Crippen LogP contribution in [-0.2, 0) is 9.53 Å². The Labute approximate surface area is 53.6 Å². The van der Waals surface area contributed by atoms with E-state index < -0.39 is 12.1 Å². The van der Waals surface area contributed by atoms with Gasteiger partial charge in [-0.2, -0.15) is 0 Å². The normalized spacial score (nSPS) is 36.0. The van der Waals surface area contributed by atoms with Crippen molar-refractivity contribution in [3.8, 4) is 0 Å². The summed E-state index contributed by atoms with van der Waals surface area (Å²) in [5, 5.41) is 8.97. The van der Waals surface area contributed by atoms with Crippen molar-refractivity contribution in [3.05, 3.63) is 0 Å². The summed E-state index contributed by atoms with van der Waals surface area (Å²) in [4.78, 5) is 10.5. The number of cyclic esters (lactones) is 1. The van der Waals surface area contributed by atoms with Gasteiger partial charge in [-0.05, 0) is 12.3 Å². The van der Waals surface area contributed by atoms with Gasteiger partial charge >= 0.3 is 5.97 Å². The molecule has 2 atom stereocenters. The van der Waals surface area contributed by atoms with Crippen LogP contribution < -0.4 is 0 Å². The molecule has 1 unspecified atom stereocenters. The number of aliphatic hydroxyl groups is 1. The second-order valence-corrected chi connectivity index (χ2v) is 2.38. The molecule has 0 aromatic rings. The zero-order valence-corrected chi connectivity index (χ0v) is 5.33. The quantitative estimate of drug-likeness (QED) is 0.467. The van der Waals surface area contributed by atoms with E-state index in [1.54, 1.807) is 0 Å². The van der Waals surface area contributed by atoms with E-state index in [4.69, 9.17) is 5.11 Å². The van der Waals surface area contributed by atoms with Crippen molar-refractivity contribution >= 4 is 5.97 Å². The minimum Gasteiger partial charge on any atom is -0.464 e. The molecule has 0 aromatic carbocycles. The van der Waals surface area contributed by atoms with E-state index in [2.05, 4.69) is 4.74 Å². The van der Waals surface area contributed by atoms with Gasteiger partial charge < -0.3 is 9.84 Å². The fraction of sp³-hybridized carbons (Fsp3) is 0.833. The van der Waals surface area contributed by atoms with Gasteiger partial charge in [-0.1, -0.05) is 6.92 Å². The van der Waals surface area contributed by atoms with Crippen molar-refractivity contribution in [1.29, 1.82) is 0 Å². The molecule has 0 bridgehead atoms. The molecule has 1 saturated heterocycles. The number of hydrogen-bond acceptors (Lipinski definition) is 3. The molecule has 0 amide bonds. The van der Waals surface area contributed by atoms with Crippen molar-refractivity contribution in [2.45, 2.75) is 19.4 Å². The Morgan fingerprint density at radius 2 is 2.44 bits per heavy atom. The lowest BCUT2D eigenvalue weighted by molar-refractivity contribution is -0.163. The molecular weight excluding hydrogens is 120 g/mol. The molecule has 0 radical (unpaired) electrons. The summed E-state index contributed by atoms with van der Waals surface area (Å²) in [7, 11) is 0. The van der Waals surface area contributed by atoms with Crippen molar-refractivity contribution in [3.63, 3.8) is 0 Å². The van der Waals surface area contributed by atoms with Gasteiger partial charge in [0.05, 0.1) is 6.61 Å². The highest BCUT2D eigenvalue weighted by Gasteiger charge is 2.27. The van der Waals surface area contributed by atoms with Crippen LogP contribution in [0, 0.1) is 5.92 Å². The Kier molecular flexibility index (Phi) is 1.71. The SMILES string of the molecule is CC1CCOC(=O)[C@H]1O. The minimum absolute atomic E-state index is 0.0613. The monoisotopic (exact) mass is 130 g/mol. The molecule has 9 heavy (non-hydrogen) atoms. The highest BCUT2D eigenvalue weighted by molar-refractivity contribution is 5.75. The van der Waals surface area contributed by atoms with Crippen molar-refractivity contribution in [2.24, 2.45) is 5.92 Å². The fourth-order valence-electron chi connectivity index (χ4n) is 0.821. The van der Waals surface area contributed by atoms with Gasteiger partial charge in [0.1, 0.15) is 0 Å². The summed E-state index contributed by atoms with van der Waals surface area (Å²) in [6, 6.07) is 0. The first kappa shape index (κ1) is 6.55.